The van der Waals surface area contributed by atoms with Crippen LogP contribution in [-0.2, 0) is 22.4 Å². The molecule has 0 fully saturated rings. The zero-order chi connectivity index (χ0) is 29.7. The van der Waals surface area contributed by atoms with Crippen molar-refractivity contribution in [3.05, 3.63) is 123 Å². The second-order valence-electron chi connectivity index (χ2n) is 12.1. The van der Waals surface area contributed by atoms with E-state index in [2.05, 4.69) is 147 Å². The van der Waals surface area contributed by atoms with Gasteiger partial charge in [0.05, 0.1) is 0 Å². The summed E-state index contributed by atoms with van der Waals surface area (Å²) in [5, 5.41) is 2.59. The first kappa shape index (κ1) is 31.7. The van der Waals surface area contributed by atoms with Gasteiger partial charge in [-0.1, -0.05) is 82.4 Å². The molecule has 4 aromatic carbocycles. The van der Waals surface area contributed by atoms with E-state index in [0.29, 0.717) is 0 Å². The summed E-state index contributed by atoms with van der Waals surface area (Å²) in [6.07, 6.45) is 0. The minimum absolute atomic E-state index is 0. The third-order valence-corrected chi connectivity index (χ3v) is 8.44. The zero-order valence-corrected chi connectivity index (χ0v) is 29.1. The zero-order valence-electron chi connectivity index (χ0n) is 26.9. The minimum Gasteiger partial charge on any atom is -0.656 e. The minimum atomic E-state index is 0. The van der Waals surface area contributed by atoms with Crippen molar-refractivity contribution in [3.8, 4) is 0 Å². The Labute approximate surface area is 268 Å². The van der Waals surface area contributed by atoms with Gasteiger partial charge in [-0.15, -0.1) is 17.7 Å². The Morgan fingerprint density at radius 3 is 1.26 bits per heavy atom. The monoisotopic (exact) mass is 738 g/mol. The van der Waals surface area contributed by atoms with Crippen molar-refractivity contribution in [2.75, 3.05) is 9.80 Å². The molecule has 0 atom stereocenters. The fourth-order valence-corrected chi connectivity index (χ4v) is 6.57. The average Bonchev–Trinajstić information content (AvgIpc) is 3.38. The Kier molecular flexibility index (Phi) is 9.18. The van der Waals surface area contributed by atoms with Crippen LogP contribution in [0, 0.1) is 69.0 Å². The second kappa shape index (κ2) is 12.2. The summed E-state index contributed by atoms with van der Waals surface area (Å²) in [6.45, 7) is 26.2. The molecule has 0 bridgehead atoms. The van der Waals surface area contributed by atoms with E-state index in [1.165, 1.54) is 83.6 Å². The fourth-order valence-electron chi connectivity index (χ4n) is 6.57. The van der Waals surface area contributed by atoms with Gasteiger partial charge < -0.3 is 14.8 Å². The molecular formula is C38H43AuN3-2. The first-order valence-corrected chi connectivity index (χ1v) is 14.6. The molecule has 0 N–H and O–H groups in total. The van der Waals surface area contributed by atoms with Crippen molar-refractivity contribution in [2.24, 2.45) is 0 Å². The van der Waals surface area contributed by atoms with Gasteiger partial charge >= 0.3 is 0 Å². The molecule has 0 spiro atoms. The van der Waals surface area contributed by atoms with Crippen molar-refractivity contribution in [2.45, 2.75) is 76.2 Å². The Balaban J connectivity index is 0.000000198. The number of anilines is 2. The average molecular weight is 739 g/mol. The van der Waals surface area contributed by atoms with Gasteiger partial charge in [-0.3, -0.25) is 0 Å². The molecule has 5 aromatic rings. The number of para-hydroxylation sites is 1. The predicted molar refractivity (Wildman–Crippen MR) is 178 cm³/mol. The number of aromatic nitrogens is 1. The number of aryl methyl sites for hydroxylation is 9. The van der Waals surface area contributed by atoms with Crippen molar-refractivity contribution in [1.82, 2.24) is 4.98 Å². The molecule has 3 nitrogen and oxygen atoms in total. The van der Waals surface area contributed by atoms with E-state index in [4.69, 9.17) is 4.98 Å². The Bertz CT molecular complexity index is 1730. The van der Waals surface area contributed by atoms with Crippen molar-refractivity contribution >= 4 is 33.2 Å². The van der Waals surface area contributed by atoms with E-state index in [1.807, 2.05) is 0 Å². The third-order valence-electron chi connectivity index (χ3n) is 8.44. The maximum absolute atomic E-state index is 4.80. The van der Waals surface area contributed by atoms with Gasteiger partial charge in [-0.25, -0.2) is 0 Å². The molecule has 0 amide bonds. The summed E-state index contributed by atoms with van der Waals surface area (Å²) in [5.41, 5.74) is 19.2. The maximum Gasteiger partial charge on any atom is 0.0186 e. The van der Waals surface area contributed by atoms with E-state index < -0.39 is 0 Å². The normalized spacial score (nSPS) is 13.1. The molecule has 6 rings (SSSR count). The molecule has 0 unspecified atom stereocenters. The molecule has 2 heterocycles. The fraction of sp³-hybridized carbons (Fsp3) is 0.289. The molecule has 1 aliphatic heterocycles. The van der Waals surface area contributed by atoms with Gasteiger partial charge in [-0.2, -0.15) is 0 Å². The Hall–Kier alpha value is -3.24. The van der Waals surface area contributed by atoms with Crippen LogP contribution < -0.4 is 14.8 Å². The summed E-state index contributed by atoms with van der Waals surface area (Å²) >= 11 is 0. The van der Waals surface area contributed by atoms with Crippen LogP contribution in [0.1, 0.15) is 63.9 Å². The molecule has 223 valence electrons. The first-order valence-electron chi connectivity index (χ1n) is 14.6. The molecule has 0 saturated carbocycles. The quantitative estimate of drug-likeness (QED) is 0.133. The van der Waals surface area contributed by atoms with E-state index >= 15 is 0 Å². The number of hydrogen-bond donors (Lipinski definition) is 0. The molecule has 0 aliphatic carbocycles. The van der Waals surface area contributed by atoms with Crippen LogP contribution in [0.3, 0.4) is 0 Å². The van der Waals surface area contributed by atoms with Crippen molar-refractivity contribution < 1.29 is 22.4 Å². The first-order chi connectivity index (χ1) is 19.4. The van der Waals surface area contributed by atoms with Crippen LogP contribution in [0.5, 0.6) is 0 Å². The summed E-state index contributed by atoms with van der Waals surface area (Å²) in [7, 11) is 0. The maximum atomic E-state index is 4.80. The van der Waals surface area contributed by atoms with E-state index in [1.54, 1.807) is 0 Å². The Morgan fingerprint density at radius 2 is 0.833 bits per heavy atom. The second-order valence-corrected chi connectivity index (χ2v) is 12.1. The van der Waals surface area contributed by atoms with Gasteiger partial charge in [0, 0.05) is 45.1 Å². The standard InChI is InChI=1S/C22H27N2.C16H16N.Au/c1-14-11-17(4)22(18(5)12-14)24-13-23(19(6)20(24)7)21-15(2)9-8-10-16(21)3;1-9-5-11(3)15-13(7-9)14-8-10(2)6-12(4)16(14)17-15;/h8-13H,1-7H3;5-8H,1-4H3;/q2*-1;. The molecule has 1 radical (unpaired) electrons. The summed E-state index contributed by atoms with van der Waals surface area (Å²) in [4.78, 5) is 9.47. The number of nitrogens with zero attached hydrogens (tertiary/aromatic N) is 3. The number of rotatable bonds is 2. The van der Waals surface area contributed by atoms with Crippen molar-refractivity contribution in [3.63, 3.8) is 0 Å². The van der Waals surface area contributed by atoms with Gasteiger partial charge in [-0.05, 0) is 109 Å². The van der Waals surface area contributed by atoms with Gasteiger partial charge in [0.2, 0.25) is 0 Å². The van der Waals surface area contributed by atoms with Crippen LogP contribution in [-0.4, -0.2) is 0 Å². The number of hydrogen-bond acceptors (Lipinski definition) is 2. The van der Waals surface area contributed by atoms with Gasteiger partial charge in [0.25, 0.3) is 0 Å². The van der Waals surface area contributed by atoms with E-state index in [9.17, 15) is 0 Å². The molecule has 1 aliphatic rings. The Morgan fingerprint density at radius 1 is 0.476 bits per heavy atom. The predicted octanol–water partition coefficient (Wildman–Crippen LogP) is 10.1. The third kappa shape index (κ3) is 5.71. The van der Waals surface area contributed by atoms with Crippen LogP contribution in [0.2, 0.25) is 0 Å². The van der Waals surface area contributed by atoms with Crippen LogP contribution >= 0.6 is 0 Å². The molecule has 0 saturated heterocycles. The summed E-state index contributed by atoms with van der Waals surface area (Å²) < 4.78 is 0. The van der Waals surface area contributed by atoms with E-state index in [0.717, 1.165) is 11.0 Å². The molecular weight excluding hydrogens is 695 g/mol. The van der Waals surface area contributed by atoms with Gasteiger partial charge in [0.15, 0.2) is 0 Å². The number of allylic oxidation sites excluding steroid dienone is 2. The van der Waals surface area contributed by atoms with Gasteiger partial charge in [0.1, 0.15) is 0 Å². The largest absolute Gasteiger partial charge is 0.656 e. The topological polar surface area (TPSA) is 20.6 Å². The smallest absolute Gasteiger partial charge is 0.0186 e. The SMILES string of the molecule is CC1=C(C)N(c2c(C)cc(C)cc2C)[CH-]N1c1c(C)cccc1C.Cc1cc(C)c2[n-]c3c(C)cc(C)cc3c2c1.[Au]. The molecule has 4 heteroatoms. The number of fused-ring (bicyclic) bond motifs is 3. The number of benzene rings is 4. The molecule has 1 aromatic heterocycles. The van der Waals surface area contributed by atoms with Crippen LogP contribution in [0.4, 0.5) is 11.4 Å². The van der Waals surface area contributed by atoms with Crippen molar-refractivity contribution in [1.29, 1.82) is 0 Å². The van der Waals surface area contributed by atoms with Crippen LogP contribution in [0.25, 0.3) is 21.8 Å². The summed E-state index contributed by atoms with van der Waals surface area (Å²) in [6, 6.07) is 19.9. The molecule has 42 heavy (non-hydrogen) atoms. The van der Waals surface area contributed by atoms with Crippen LogP contribution in [0.15, 0.2) is 66.0 Å². The van der Waals surface area contributed by atoms with E-state index in [-0.39, 0.29) is 22.4 Å². The summed E-state index contributed by atoms with van der Waals surface area (Å²) in [5.74, 6) is 0.